The zero-order valence-electron chi connectivity index (χ0n) is 19.0. The summed E-state index contributed by atoms with van der Waals surface area (Å²) in [6.07, 6.45) is -0.662. The maximum Gasteiger partial charge on any atom is 0.338 e. The van der Waals surface area contributed by atoms with Crippen LogP contribution >= 0.6 is 0 Å². The molecule has 2 unspecified atom stereocenters. The first-order chi connectivity index (χ1) is 15.7. The average Bonchev–Trinajstić information content (AvgIpc) is 2.82. The Hall–Kier alpha value is -3.10. The van der Waals surface area contributed by atoms with E-state index in [9.17, 15) is 14.7 Å². The Morgan fingerprint density at radius 1 is 1.24 bits per heavy atom. The highest BCUT2D eigenvalue weighted by molar-refractivity contribution is 5.91. The van der Waals surface area contributed by atoms with Crippen LogP contribution in [-0.4, -0.2) is 56.0 Å². The number of morpholine rings is 1. The van der Waals surface area contributed by atoms with Crippen LogP contribution in [0.25, 0.3) is 0 Å². The number of anilines is 2. The molecule has 33 heavy (non-hydrogen) atoms. The molecule has 0 saturated carbocycles. The van der Waals surface area contributed by atoms with Gasteiger partial charge in [-0.3, -0.25) is 4.79 Å². The number of aliphatic hydroxyl groups is 1. The average molecular weight is 454 g/mol. The molecular weight excluding hydrogens is 422 g/mol. The van der Waals surface area contributed by atoms with Crippen LogP contribution in [0.15, 0.2) is 42.5 Å². The van der Waals surface area contributed by atoms with Crippen LogP contribution in [0, 0.1) is 0 Å². The van der Waals surface area contributed by atoms with Gasteiger partial charge in [-0.25, -0.2) is 4.79 Å². The molecule has 176 valence electrons. The molecule has 8 nitrogen and oxygen atoms in total. The van der Waals surface area contributed by atoms with Crippen molar-refractivity contribution in [3.05, 3.63) is 59.2 Å². The van der Waals surface area contributed by atoms with E-state index >= 15 is 0 Å². The summed E-state index contributed by atoms with van der Waals surface area (Å²) in [6, 6.07) is 14.2. The van der Waals surface area contributed by atoms with Crippen LogP contribution < -0.4 is 16.0 Å². The first kappa shape index (κ1) is 23.1. The predicted molar refractivity (Wildman–Crippen MR) is 125 cm³/mol. The number of aliphatic hydroxyl groups excluding tert-OH is 1. The fourth-order valence-corrected chi connectivity index (χ4v) is 4.50. The van der Waals surface area contributed by atoms with E-state index in [4.69, 9.17) is 15.2 Å². The normalized spacial score (nSPS) is 20.3. The highest BCUT2D eigenvalue weighted by Crippen LogP contribution is 2.44. The Morgan fingerprint density at radius 3 is 2.73 bits per heavy atom. The molecule has 0 spiro atoms. The number of carbonyl (C=O) groups is 2. The first-order valence-electron chi connectivity index (χ1n) is 11.2. The van der Waals surface area contributed by atoms with Crippen molar-refractivity contribution >= 4 is 23.3 Å². The largest absolute Gasteiger partial charge is 0.459 e. The number of carbonyl (C=O) groups excluding carboxylic acids is 2. The lowest BCUT2D eigenvalue weighted by Crippen LogP contribution is -2.36. The Labute approximate surface area is 193 Å². The molecular formula is C25H31N3O5. The van der Waals surface area contributed by atoms with Gasteiger partial charge in [0.2, 0.25) is 5.91 Å². The fraction of sp³-hybridized carbons (Fsp3) is 0.440. The van der Waals surface area contributed by atoms with Crippen molar-refractivity contribution in [2.45, 2.75) is 37.8 Å². The molecule has 0 radical (unpaired) electrons. The van der Waals surface area contributed by atoms with Crippen molar-refractivity contribution in [1.82, 2.24) is 0 Å². The lowest BCUT2D eigenvalue weighted by Gasteiger charge is -2.39. The lowest BCUT2D eigenvalue weighted by atomic mass is 9.73. The Balaban J connectivity index is 1.52. The van der Waals surface area contributed by atoms with Crippen molar-refractivity contribution in [3.63, 3.8) is 0 Å². The summed E-state index contributed by atoms with van der Waals surface area (Å²) in [6.45, 7) is 7.15. The topological polar surface area (TPSA) is 114 Å². The van der Waals surface area contributed by atoms with Gasteiger partial charge >= 0.3 is 5.97 Å². The Morgan fingerprint density at radius 2 is 2.00 bits per heavy atom. The van der Waals surface area contributed by atoms with Crippen LogP contribution in [0.3, 0.4) is 0 Å². The lowest BCUT2D eigenvalue weighted by molar-refractivity contribution is -0.127. The molecule has 0 aromatic heterocycles. The van der Waals surface area contributed by atoms with Crippen molar-refractivity contribution in [1.29, 1.82) is 0 Å². The van der Waals surface area contributed by atoms with Gasteiger partial charge in [0.25, 0.3) is 0 Å². The van der Waals surface area contributed by atoms with Crippen LogP contribution in [0.5, 0.6) is 0 Å². The van der Waals surface area contributed by atoms with E-state index in [0.29, 0.717) is 5.56 Å². The number of nitrogens with two attached hydrogens (primary N) is 1. The number of ether oxygens (including phenoxy) is 2. The second-order valence-electron chi connectivity index (χ2n) is 9.26. The third-order valence-corrected chi connectivity index (χ3v) is 6.38. The number of primary amides is 1. The summed E-state index contributed by atoms with van der Waals surface area (Å²) >= 11 is 0. The maximum atomic E-state index is 12.4. The molecule has 2 aliphatic heterocycles. The predicted octanol–water partition coefficient (Wildman–Crippen LogP) is 2.36. The minimum Gasteiger partial charge on any atom is -0.459 e. The second kappa shape index (κ2) is 9.41. The zero-order chi connectivity index (χ0) is 23.6. The highest BCUT2D eigenvalue weighted by Gasteiger charge is 2.34. The first-order valence-corrected chi connectivity index (χ1v) is 11.2. The molecule has 2 aromatic carbocycles. The third-order valence-electron chi connectivity index (χ3n) is 6.38. The number of amides is 1. The van der Waals surface area contributed by atoms with E-state index in [1.807, 2.05) is 12.1 Å². The number of benzene rings is 2. The number of rotatable bonds is 6. The smallest absolute Gasteiger partial charge is 0.338 e. The molecule has 2 heterocycles. The number of nitrogens with zero attached hydrogens (tertiary/aromatic N) is 1. The van der Waals surface area contributed by atoms with Gasteiger partial charge < -0.3 is 30.5 Å². The SMILES string of the molecule is CC1(C)CC(c2cccc(N3CCOCC3)c2)Nc2ccc(C(=O)OCC(O)C(N)=O)cc21. The van der Waals surface area contributed by atoms with Crippen molar-refractivity contribution in [3.8, 4) is 0 Å². The number of hydrogen-bond acceptors (Lipinski definition) is 7. The standard InChI is InChI=1S/C25H31N3O5/c1-25(2)14-21(16-4-3-5-18(12-16)28-8-10-32-11-9-28)27-20-7-6-17(13-19(20)25)24(31)33-15-22(29)23(26)30/h3-7,12-13,21-22,27,29H,8-11,14-15H2,1-2H3,(H2,26,30). The highest BCUT2D eigenvalue weighted by atomic mass is 16.5. The molecule has 4 rings (SSSR count). The van der Waals surface area contributed by atoms with Gasteiger partial charge in [-0.2, -0.15) is 0 Å². The van der Waals surface area contributed by atoms with Gasteiger partial charge in [-0.15, -0.1) is 0 Å². The number of nitrogens with one attached hydrogen (secondary N) is 1. The summed E-state index contributed by atoms with van der Waals surface area (Å²) in [5.74, 6) is -1.53. The molecule has 2 atom stereocenters. The van der Waals surface area contributed by atoms with E-state index in [0.717, 1.165) is 44.0 Å². The summed E-state index contributed by atoms with van der Waals surface area (Å²) in [5, 5.41) is 13.1. The number of hydrogen-bond donors (Lipinski definition) is 3. The Bertz CT molecular complexity index is 1030. The molecule has 8 heteroatoms. The van der Waals surface area contributed by atoms with Crippen LogP contribution in [0.4, 0.5) is 11.4 Å². The minimum atomic E-state index is -1.52. The van der Waals surface area contributed by atoms with Gasteiger partial charge in [0.15, 0.2) is 6.10 Å². The molecule has 2 aliphatic rings. The van der Waals surface area contributed by atoms with E-state index in [-0.39, 0.29) is 11.5 Å². The zero-order valence-corrected chi connectivity index (χ0v) is 19.0. The summed E-state index contributed by atoms with van der Waals surface area (Å²) in [4.78, 5) is 25.7. The Kier molecular flexibility index (Phi) is 6.58. The fourth-order valence-electron chi connectivity index (χ4n) is 4.50. The minimum absolute atomic E-state index is 0.136. The molecule has 0 bridgehead atoms. The van der Waals surface area contributed by atoms with Crippen LogP contribution in [0.2, 0.25) is 0 Å². The van der Waals surface area contributed by atoms with Gasteiger partial charge in [0, 0.05) is 24.5 Å². The van der Waals surface area contributed by atoms with E-state index in [1.54, 1.807) is 6.07 Å². The van der Waals surface area contributed by atoms with Crippen molar-refractivity contribution in [2.24, 2.45) is 5.73 Å². The monoisotopic (exact) mass is 453 g/mol. The maximum absolute atomic E-state index is 12.4. The van der Waals surface area contributed by atoms with E-state index in [1.165, 1.54) is 11.3 Å². The number of esters is 1. The molecule has 2 aromatic rings. The second-order valence-corrected chi connectivity index (χ2v) is 9.26. The molecule has 1 amide bonds. The van der Waals surface area contributed by atoms with Gasteiger partial charge in [-0.1, -0.05) is 26.0 Å². The molecule has 0 aliphatic carbocycles. The van der Waals surface area contributed by atoms with E-state index in [2.05, 4.69) is 48.3 Å². The van der Waals surface area contributed by atoms with Gasteiger partial charge in [0.1, 0.15) is 6.61 Å². The van der Waals surface area contributed by atoms with Crippen molar-refractivity contribution in [2.75, 3.05) is 43.1 Å². The van der Waals surface area contributed by atoms with Crippen LogP contribution in [0.1, 0.15) is 47.8 Å². The summed E-state index contributed by atoms with van der Waals surface area (Å²) < 4.78 is 10.5. The molecule has 1 fully saturated rings. The summed E-state index contributed by atoms with van der Waals surface area (Å²) in [7, 11) is 0. The molecule has 4 N–H and O–H groups in total. The van der Waals surface area contributed by atoms with Crippen molar-refractivity contribution < 1.29 is 24.2 Å². The summed E-state index contributed by atoms with van der Waals surface area (Å²) in [5.41, 5.74) is 9.61. The van der Waals surface area contributed by atoms with Crippen LogP contribution in [-0.2, 0) is 19.7 Å². The van der Waals surface area contributed by atoms with Gasteiger partial charge in [-0.05, 0) is 53.3 Å². The van der Waals surface area contributed by atoms with Gasteiger partial charge in [0.05, 0.1) is 24.8 Å². The number of fused-ring (bicyclic) bond motifs is 1. The van der Waals surface area contributed by atoms with E-state index < -0.39 is 24.6 Å². The molecule has 1 saturated heterocycles. The quantitative estimate of drug-likeness (QED) is 0.575. The third kappa shape index (κ3) is 5.12.